The molecule has 21 heavy (non-hydrogen) atoms. The molecule has 0 fully saturated rings. The van der Waals surface area contributed by atoms with Gasteiger partial charge < -0.3 is 9.73 Å². The number of nitrogens with two attached hydrogens (primary N) is 1. The van der Waals surface area contributed by atoms with Crippen LogP contribution in [-0.4, -0.2) is 9.97 Å². The molecule has 2 rings (SSSR count). The van der Waals surface area contributed by atoms with Gasteiger partial charge in [-0.3, -0.25) is 5.43 Å². The highest BCUT2D eigenvalue weighted by Crippen LogP contribution is 2.30. The van der Waals surface area contributed by atoms with Gasteiger partial charge in [0.15, 0.2) is 5.69 Å². The van der Waals surface area contributed by atoms with Crippen molar-refractivity contribution in [3.05, 3.63) is 35.4 Å². The average molecular weight is 301 g/mol. The van der Waals surface area contributed by atoms with E-state index in [1.165, 1.54) is 0 Å². The number of alkyl halides is 3. The van der Waals surface area contributed by atoms with E-state index in [1.54, 1.807) is 26.0 Å². The van der Waals surface area contributed by atoms with Gasteiger partial charge in [-0.05, 0) is 26.0 Å². The van der Waals surface area contributed by atoms with Crippen LogP contribution in [0.3, 0.4) is 0 Å². The minimum atomic E-state index is -4.59. The maximum Gasteiger partial charge on any atom is 0.433 e. The van der Waals surface area contributed by atoms with Gasteiger partial charge in [-0.1, -0.05) is 0 Å². The van der Waals surface area contributed by atoms with Crippen LogP contribution in [0.4, 0.5) is 24.9 Å². The average Bonchev–Trinajstić information content (AvgIpc) is 2.84. The topological polar surface area (TPSA) is 89.0 Å². The minimum absolute atomic E-state index is 0.00757. The molecule has 0 aliphatic carbocycles. The maximum absolute atomic E-state index is 12.7. The highest BCUT2D eigenvalue weighted by molar-refractivity contribution is 5.44. The second kappa shape index (κ2) is 5.60. The molecule has 4 N–H and O–H groups in total. The van der Waals surface area contributed by atoms with Gasteiger partial charge in [0.05, 0.1) is 6.04 Å². The third kappa shape index (κ3) is 3.63. The lowest BCUT2D eigenvalue weighted by Gasteiger charge is -2.15. The van der Waals surface area contributed by atoms with Gasteiger partial charge in [-0.2, -0.15) is 18.2 Å². The lowest BCUT2D eigenvalue weighted by atomic mass is 10.2. The zero-order chi connectivity index (χ0) is 15.6. The van der Waals surface area contributed by atoms with E-state index < -0.39 is 11.9 Å². The van der Waals surface area contributed by atoms with Crippen molar-refractivity contribution in [2.24, 2.45) is 5.84 Å². The van der Waals surface area contributed by atoms with Gasteiger partial charge in [0.2, 0.25) is 5.95 Å². The summed E-state index contributed by atoms with van der Waals surface area (Å²) in [5.74, 6) is 6.05. The third-order valence-electron chi connectivity index (χ3n) is 2.70. The number of nitrogens with zero attached hydrogens (tertiary/aromatic N) is 2. The Balaban J connectivity index is 2.27. The van der Waals surface area contributed by atoms with Crippen LogP contribution in [0.2, 0.25) is 0 Å². The van der Waals surface area contributed by atoms with Crippen molar-refractivity contribution in [2.75, 3.05) is 10.7 Å². The summed E-state index contributed by atoms with van der Waals surface area (Å²) in [6, 6.07) is 3.95. The largest absolute Gasteiger partial charge is 0.464 e. The lowest BCUT2D eigenvalue weighted by molar-refractivity contribution is -0.141. The van der Waals surface area contributed by atoms with Crippen molar-refractivity contribution in [2.45, 2.75) is 26.1 Å². The first kappa shape index (κ1) is 15.1. The molecule has 1 atom stereocenters. The molecule has 0 saturated carbocycles. The number of aryl methyl sites for hydroxylation is 1. The number of hydrogen-bond donors (Lipinski definition) is 3. The Hall–Kier alpha value is -2.29. The maximum atomic E-state index is 12.7. The van der Waals surface area contributed by atoms with Crippen LogP contribution >= 0.6 is 0 Å². The van der Waals surface area contributed by atoms with E-state index in [9.17, 15) is 13.2 Å². The first-order chi connectivity index (χ1) is 9.79. The molecule has 0 amide bonds. The number of halogens is 3. The Labute approximate surface area is 118 Å². The molecular weight excluding hydrogens is 287 g/mol. The highest BCUT2D eigenvalue weighted by Gasteiger charge is 2.33. The van der Waals surface area contributed by atoms with Crippen LogP contribution < -0.4 is 16.6 Å². The Kier molecular flexibility index (Phi) is 4.03. The van der Waals surface area contributed by atoms with Crippen LogP contribution in [0.15, 0.2) is 22.6 Å². The van der Waals surface area contributed by atoms with Crippen molar-refractivity contribution in [3.63, 3.8) is 0 Å². The molecule has 1 unspecified atom stereocenters. The Morgan fingerprint density at radius 2 is 2.00 bits per heavy atom. The van der Waals surface area contributed by atoms with E-state index in [4.69, 9.17) is 10.3 Å². The molecule has 0 spiro atoms. The standard InChI is InChI=1S/C12H14F3N5O/c1-6-3-4-8(21-6)7(2)17-10-5-9(12(13,14)15)18-11(19-10)20-16/h3-5,7H,16H2,1-2H3,(H2,17,18,19,20). The zero-order valence-electron chi connectivity index (χ0n) is 11.3. The molecule has 114 valence electrons. The highest BCUT2D eigenvalue weighted by atomic mass is 19.4. The van der Waals surface area contributed by atoms with E-state index in [0.29, 0.717) is 11.5 Å². The number of aromatic nitrogens is 2. The van der Waals surface area contributed by atoms with E-state index in [1.807, 2.05) is 5.43 Å². The smallest absolute Gasteiger partial charge is 0.433 e. The molecule has 0 bridgehead atoms. The van der Waals surface area contributed by atoms with Crippen molar-refractivity contribution in [1.82, 2.24) is 9.97 Å². The Morgan fingerprint density at radius 1 is 1.29 bits per heavy atom. The predicted octanol–water partition coefficient (Wildman–Crippen LogP) is 2.86. The molecule has 0 aliphatic rings. The Morgan fingerprint density at radius 3 is 2.52 bits per heavy atom. The van der Waals surface area contributed by atoms with E-state index in [2.05, 4.69) is 15.3 Å². The number of anilines is 2. The quantitative estimate of drug-likeness (QED) is 0.594. The second-order valence-electron chi connectivity index (χ2n) is 4.42. The first-order valence-electron chi connectivity index (χ1n) is 6.05. The predicted molar refractivity (Wildman–Crippen MR) is 70.3 cm³/mol. The summed E-state index contributed by atoms with van der Waals surface area (Å²) in [6.07, 6.45) is -4.59. The molecule has 0 radical (unpaired) electrons. The normalized spacial score (nSPS) is 13.0. The van der Waals surface area contributed by atoms with Crippen molar-refractivity contribution < 1.29 is 17.6 Å². The van der Waals surface area contributed by atoms with Gasteiger partial charge in [0, 0.05) is 6.07 Å². The molecule has 0 aliphatic heterocycles. The van der Waals surface area contributed by atoms with Crippen LogP contribution in [0.5, 0.6) is 0 Å². The molecule has 9 heteroatoms. The molecule has 2 heterocycles. The molecule has 2 aromatic rings. The van der Waals surface area contributed by atoms with E-state index in [0.717, 1.165) is 6.07 Å². The summed E-state index contributed by atoms with van der Waals surface area (Å²) in [5, 5.41) is 2.82. The van der Waals surface area contributed by atoms with Crippen molar-refractivity contribution in [1.29, 1.82) is 0 Å². The van der Waals surface area contributed by atoms with Crippen molar-refractivity contribution in [3.8, 4) is 0 Å². The fourth-order valence-electron chi connectivity index (χ4n) is 1.71. The summed E-state index contributed by atoms with van der Waals surface area (Å²) >= 11 is 0. The summed E-state index contributed by atoms with van der Waals surface area (Å²) in [4.78, 5) is 7.11. The fraction of sp³-hybridized carbons (Fsp3) is 0.333. The van der Waals surface area contributed by atoms with Crippen LogP contribution in [0, 0.1) is 6.92 Å². The van der Waals surface area contributed by atoms with Gasteiger partial charge in [-0.15, -0.1) is 0 Å². The molecule has 0 saturated heterocycles. The monoisotopic (exact) mass is 301 g/mol. The number of rotatable bonds is 4. The van der Waals surface area contributed by atoms with E-state index in [-0.39, 0.29) is 17.8 Å². The SMILES string of the molecule is Cc1ccc(C(C)Nc2cc(C(F)(F)F)nc(NN)n2)o1. The number of hydrazine groups is 1. The van der Waals surface area contributed by atoms with Gasteiger partial charge in [-0.25, -0.2) is 10.8 Å². The first-order valence-corrected chi connectivity index (χ1v) is 6.05. The fourth-order valence-corrected chi connectivity index (χ4v) is 1.71. The summed E-state index contributed by atoms with van der Waals surface area (Å²) in [5.41, 5.74) is 0.924. The van der Waals surface area contributed by atoms with Crippen LogP contribution in [0.1, 0.15) is 30.2 Å². The second-order valence-corrected chi connectivity index (χ2v) is 4.42. The van der Waals surface area contributed by atoms with Crippen LogP contribution in [0.25, 0.3) is 0 Å². The molecular formula is C12H14F3N5O. The minimum Gasteiger partial charge on any atom is -0.464 e. The van der Waals surface area contributed by atoms with Gasteiger partial charge in [0.25, 0.3) is 0 Å². The van der Waals surface area contributed by atoms with Gasteiger partial charge in [0.1, 0.15) is 17.3 Å². The number of furan rings is 1. The van der Waals surface area contributed by atoms with E-state index >= 15 is 0 Å². The summed E-state index contributed by atoms with van der Waals surface area (Å²) in [7, 11) is 0. The van der Waals surface area contributed by atoms with Crippen molar-refractivity contribution >= 4 is 11.8 Å². The zero-order valence-corrected chi connectivity index (χ0v) is 11.3. The molecule has 0 aromatic carbocycles. The molecule has 2 aromatic heterocycles. The third-order valence-corrected chi connectivity index (χ3v) is 2.70. The molecule has 6 nitrogen and oxygen atoms in total. The summed E-state index contributed by atoms with van der Waals surface area (Å²) in [6.45, 7) is 3.52. The summed E-state index contributed by atoms with van der Waals surface area (Å²) < 4.78 is 43.6. The number of nitrogen functional groups attached to an aromatic ring is 1. The Bertz CT molecular complexity index is 626. The number of hydrogen-bond acceptors (Lipinski definition) is 6. The van der Waals surface area contributed by atoms with Crippen LogP contribution in [-0.2, 0) is 6.18 Å². The lowest BCUT2D eigenvalue weighted by Crippen LogP contribution is -2.17. The van der Waals surface area contributed by atoms with Gasteiger partial charge >= 0.3 is 6.18 Å². The number of nitrogens with one attached hydrogen (secondary N) is 2.